The summed E-state index contributed by atoms with van der Waals surface area (Å²) in [6, 6.07) is 0. The SMILES string of the molecule is CC1=CC(=O)CC2=C1C=CC=CC2. The lowest BCUT2D eigenvalue weighted by molar-refractivity contribution is -0.114. The van der Waals surface area contributed by atoms with Crippen LogP contribution < -0.4 is 0 Å². The van der Waals surface area contributed by atoms with Gasteiger partial charge in [-0.3, -0.25) is 4.79 Å². The van der Waals surface area contributed by atoms with Gasteiger partial charge in [-0.1, -0.05) is 29.9 Å². The molecule has 0 radical (unpaired) electrons. The molecule has 0 aromatic heterocycles. The lowest BCUT2D eigenvalue weighted by atomic mass is 9.90. The highest BCUT2D eigenvalue weighted by atomic mass is 16.1. The Labute approximate surface area is 78.1 Å². The number of carbonyl (C=O) groups excluding carboxylic acids is 1. The predicted molar refractivity (Wildman–Crippen MR) is 53.3 cm³/mol. The molecule has 1 nitrogen and oxygen atoms in total. The summed E-state index contributed by atoms with van der Waals surface area (Å²) in [5.41, 5.74) is 3.62. The van der Waals surface area contributed by atoms with Gasteiger partial charge < -0.3 is 0 Å². The number of carbonyl (C=O) groups is 1. The van der Waals surface area contributed by atoms with Crippen molar-refractivity contribution in [2.75, 3.05) is 0 Å². The minimum absolute atomic E-state index is 0.236. The van der Waals surface area contributed by atoms with E-state index in [0.29, 0.717) is 6.42 Å². The molecule has 2 rings (SSSR count). The van der Waals surface area contributed by atoms with Crippen LogP contribution in [0.15, 0.2) is 47.1 Å². The van der Waals surface area contributed by atoms with E-state index >= 15 is 0 Å². The highest BCUT2D eigenvalue weighted by Crippen LogP contribution is 2.28. The molecule has 0 N–H and O–H groups in total. The van der Waals surface area contributed by atoms with Gasteiger partial charge in [-0.05, 0) is 30.6 Å². The van der Waals surface area contributed by atoms with Crippen LogP contribution in [0.1, 0.15) is 19.8 Å². The standard InChI is InChI=1S/C12H12O/c1-9-7-11(13)8-10-5-3-2-4-6-12(9)10/h2-4,6-7H,5,8H2,1H3. The van der Waals surface area contributed by atoms with Gasteiger partial charge in [0, 0.05) is 6.42 Å². The fourth-order valence-corrected chi connectivity index (χ4v) is 1.83. The first kappa shape index (κ1) is 8.24. The summed E-state index contributed by atoms with van der Waals surface area (Å²) < 4.78 is 0. The predicted octanol–water partition coefficient (Wildman–Crippen LogP) is 2.72. The zero-order valence-corrected chi connectivity index (χ0v) is 7.71. The van der Waals surface area contributed by atoms with Crippen LogP contribution in [-0.4, -0.2) is 5.78 Å². The molecule has 13 heavy (non-hydrogen) atoms. The van der Waals surface area contributed by atoms with Crippen LogP contribution in [0.25, 0.3) is 0 Å². The van der Waals surface area contributed by atoms with Crippen molar-refractivity contribution in [3.05, 3.63) is 47.1 Å². The zero-order chi connectivity index (χ0) is 9.26. The molecule has 0 fully saturated rings. The molecule has 0 saturated carbocycles. The van der Waals surface area contributed by atoms with E-state index in [1.165, 1.54) is 11.1 Å². The topological polar surface area (TPSA) is 17.1 Å². The first-order chi connectivity index (χ1) is 6.27. The molecule has 0 amide bonds. The van der Waals surface area contributed by atoms with E-state index in [1.54, 1.807) is 6.08 Å². The van der Waals surface area contributed by atoms with Crippen LogP contribution in [0.3, 0.4) is 0 Å². The minimum Gasteiger partial charge on any atom is -0.294 e. The van der Waals surface area contributed by atoms with Gasteiger partial charge >= 0.3 is 0 Å². The monoisotopic (exact) mass is 172 g/mol. The molecular weight excluding hydrogens is 160 g/mol. The first-order valence-electron chi connectivity index (χ1n) is 4.54. The summed E-state index contributed by atoms with van der Waals surface area (Å²) in [6.07, 6.45) is 11.5. The Morgan fingerprint density at radius 1 is 1.31 bits per heavy atom. The quantitative estimate of drug-likeness (QED) is 0.549. The summed E-state index contributed by atoms with van der Waals surface area (Å²) >= 11 is 0. The number of hydrogen-bond donors (Lipinski definition) is 0. The van der Waals surface area contributed by atoms with E-state index < -0.39 is 0 Å². The molecule has 0 aliphatic heterocycles. The number of hydrogen-bond acceptors (Lipinski definition) is 1. The highest BCUT2D eigenvalue weighted by molar-refractivity contribution is 5.95. The Kier molecular flexibility index (Phi) is 2.01. The largest absolute Gasteiger partial charge is 0.294 e. The van der Waals surface area contributed by atoms with Gasteiger partial charge in [0.15, 0.2) is 5.78 Å². The molecule has 0 bridgehead atoms. The van der Waals surface area contributed by atoms with E-state index in [1.807, 2.05) is 19.1 Å². The summed E-state index contributed by atoms with van der Waals surface area (Å²) in [6.45, 7) is 2.00. The molecule has 1 heteroatoms. The van der Waals surface area contributed by atoms with Crippen LogP contribution in [0.5, 0.6) is 0 Å². The Morgan fingerprint density at radius 2 is 2.15 bits per heavy atom. The number of allylic oxidation sites excluding steroid dienone is 8. The van der Waals surface area contributed by atoms with Gasteiger partial charge in [0.1, 0.15) is 0 Å². The van der Waals surface area contributed by atoms with Crippen molar-refractivity contribution in [2.24, 2.45) is 0 Å². The molecule has 0 spiro atoms. The highest BCUT2D eigenvalue weighted by Gasteiger charge is 2.15. The molecule has 0 heterocycles. The van der Waals surface area contributed by atoms with E-state index in [0.717, 1.165) is 12.0 Å². The average Bonchev–Trinajstić information content (AvgIpc) is 2.28. The molecule has 66 valence electrons. The fourth-order valence-electron chi connectivity index (χ4n) is 1.83. The molecular formula is C12H12O. The van der Waals surface area contributed by atoms with E-state index in [4.69, 9.17) is 0 Å². The summed E-state index contributed by atoms with van der Waals surface area (Å²) in [5, 5.41) is 0. The number of rotatable bonds is 0. The van der Waals surface area contributed by atoms with Crippen molar-refractivity contribution in [1.82, 2.24) is 0 Å². The lowest BCUT2D eigenvalue weighted by Crippen LogP contribution is -2.05. The maximum atomic E-state index is 11.3. The Hall–Kier alpha value is -1.37. The van der Waals surface area contributed by atoms with Crippen molar-refractivity contribution >= 4 is 5.78 Å². The van der Waals surface area contributed by atoms with Gasteiger partial charge in [-0.25, -0.2) is 0 Å². The second-order valence-corrected chi connectivity index (χ2v) is 3.48. The fraction of sp³-hybridized carbons (Fsp3) is 0.250. The maximum absolute atomic E-state index is 11.3. The van der Waals surface area contributed by atoms with Gasteiger partial charge in [0.05, 0.1) is 0 Å². The smallest absolute Gasteiger partial charge is 0.160 e. The third-order valence-electron chi connectivity index (χ3n) is 2.45. The van der Waals surface area contributed by atoms with Crippen molar-refractivity contribution < 1.29 is 4.79 Å². The third kappa shape index (κ3) is 1.55. The molecule has 0 aromatic carbocycles. The minimum atomic E-state index is 0.236. The molecule has 0 atom stereocenters. The Morgan fingerprint density at radius 3 is 3.00 bits per heavy atom. The first-order valence-corrected chi connectivity index (χ1v) is 4.54. The summed E-state index contributed by atoms with van der Waals surface area (Å²) in [5.74, 6) is 0.236. The van der Waals surface area contributed by atoms with Gasteiger partial charge in [-0.2, -0.15) is 0 Å². The van der Waals surface area contributed by atoms with Crippen LogP contribution in [-0.2, 0) is 4.79 Å². The molecule has 0 aromatic rings. The maximum Gasteiger partial charge on any atom is 0.160 e. The van der Waals surface area contributed by atoms with Crippen molar-refractivity contribution in [2.45, 2.75) is 19.8 Å². The second kappa shape index (κ2) is 3.17. The Bertz CT molecular complexity index is 365. The molecule has 2 aliphatic rings. The second-order valence-electron chi connectivity index (χ2n) is 3.48. The van der Waals surface area contributed by atoms with Gasteiger partial charge in [0.2, 0.25) is 0 Å². The third-order valence-corrected chi connectivity index (χ3v) is 2.45. The van der Waals surface area contributed by atoms with Crippen LogP contribution >= 0.6 is 0 Å². The normalized spacial score (nSPS) is 21.3. The van der Waals surface area contributed by atoms with Gasteiger partial charge in [-0.15, -0.1) is 0 Å². The molecule has 0 saturated heterocycles. The van der Waals surface area contributed by atoms with Crippen molar-refractivity contribution in [3.8, 4) is 0 Å². The van der Waals surface area contributed by atoms with Crippen molar-refractivity contribution in [1.29, 1.82) is 0 Å². The van der Waals surface area contributed by atoms with E-state index in [2.05, 4.69) is 12.2 Å². The zero-order valence-electron chi connectivity index (χ0n) is 7.71. The van der Waals surface area contributed by atoms with Crippen LogP contribution in [0, 0.1) is 0 Å². The van der Waals surface area contributed by atoms with E-state index in [9.17, 15) is 4.79 Å². The summed E-state index contributed by atoms with van der Waals surface area (Å²) in [4.78, 5) is 11.3. The number of ketones is 1. The average molecular weight is 172 g/mol. The molecule has 0 unspecified atom stereocenters. The Balaban J connectivity index is 2.44. The van der Waals surface area contributed by atoms with Gasteiger partial charge in [0.25, 0.3) is 0 Å². The van der Waals surface area contributed by atoms with Crippen LogP contribution in [0.2, 0.25) is 0 Å². The van der Waals surface area contributed by atoms with Crippen LogP contribution in [0.4, 0.5) is 0 Å². The van der Waals surface area contributed by atoms with Crippen molar-refractivity contribution in [3.63, 3.8) is 0 Å². The molecule has 2 aliphatic carbocycles. The summed E-state index contributed by atoms with van der Waals surface area (Å²) in [7, 11) is 0. The van der Waals surface area contributed by atoms with E-state index in [-0.39, 0.29) is 5.78 Å². The lowest BCUT2D eigenvalue weighted by Gasteiger charge is -2.14.